The zero-order chi connectivity index (χ0) is 24.2. The summed E-state index contributed by atoms with van der Waals surface area (Å²) in [5, 5.41) is 8.29. The van der Waals surface area contributed by atoms with E-state index in [9.17, 15) is 0 Å². The van der Waals surface area contributed by atoms with Gasteiger partial charge in [0.25, 0.3) is 5.89 Å². The molecule has 2 aromatic carbocycles. The molecule has 3 aromatic rings. The van der Waals surface area contributed by atoms with Gasteiger partial charge >= 0.3 is 0 Å². The number of thiocarbonyl (C=S) groups is 1. The van der Waals surface area contributed by atoms with Gasteiger partial charge in [-0.05, 0) is 48.8 Å². The molecule has 0 amide bonds. The minimum absolute atomic E-state index is 0.316. The molecule has 1 aliphatic rings. The van der Waals surface area contributed by atoms with Crippen LogP contribution in [0.4, 0.5) is 0 Å². The number of benzene rings is 2. The smallest absolute Gasteiger partial charge is 0.258 e. The Balaban J connectivity index is 1.81. The van der Waals surface area contributed by atoms with Crippen molar-refractivity contribution in [2.75, 3.05) is 20.8 Å². The first kappa shape index (κ1) is 23.5. The third-order valence-electron chi connectivity index (χ3n) is 5.93. The van der Waals surface area contributed by atoms with Crippen LogP contribution in [0.3, 0.4) is 0 Å². The van der Waals surface area contributed by atoms with E-state index in [0.717, 1.165) is 28.8 Å². The number of nitrogens with zero attached hydrogens (tertiary/aromatic N) is 3. The fraction of sp³-hybridized carbons (Fsp3) is 0.269. The van der Waals surface area contributed by atoms with Gasteiger partial charge in [0.1, 0.15) is 0 Å². The summed E-state index contributed by atoms with van der Waals surface area (Å²) in [6, 6.07) is 13.6. The van der Waals surface area contributed by atoms with Crippen molar-refractivity contribution in [2.24, 2.45) is 0 Å². The molecule has 34 heavy (non-hydrogen) atoms. The molecular formula is C26H28N4O3S. The van der Waals surface area contributed by atoms with Crippen LogP contribution in [0.1, 0.15) is 36.9 Å². The van der Waals surface area contributed by atoms with Crippen LogP contribution in [0.2, 0.25) is 0 Å². The van der Waals surface area contributed by atoms with Gasteiger partial charge in [-0.15, -0.1) is 6.58 Å². The third-order valence-corrected chi connectivity index (χ3v) is 6.26. The van der Waals surface area contributed by atoms with E-state index in [4.69, 9.17) is 31.2 Å². The summed E-state index contributed by atoms with van der Waals surface area (Å²) in [7, 11) is 3.23. The van der Waals surface area contributed by atoms with Gasteiger partial charge in [-0.2, -0.15) is 4.98 Å². The molecule has 0 saturated carbocycles. The van der Waals surface area contributed by atoms with Gasteiger partial charge < -0.3 is 24.2 Å². The maximum absolute atomic E-state index is 5.79. The quantitative estimate of drug-likeness (QED) is 0.353. The molecule has 0 fully saturated rings. The van der Waals surface area contributed by atoms with Crippen molar-refractivity contribution in [3.8, 4) is 22.9 Å². The number of hydrogen-bond acceptors (Lipinski definition) is 6. The lowest BCUT2D eigenvalue weighted by atomic mass is 9.94. The maximum atomic E-state index is 5.79. The van der Waals surface area contributed by atoms with Crippen molar-refractivity contribution >= 4 is 22.9 Å². The number of ether oxygens (including phenoxy) is 2. The molecule has 2 heterocycles. The monoisotopic (exact) mass is 476 g/mol. The minimum Gasteiger partial charge on any atom is -0.493 e. The Morgan fingerprint density at radius 2 is 1.88 bits per heavy atom. The Labute approximate surface area is 205 Å². The highest BCUT2D eigenvalue weighted by Gasteiger charge is 2.34. The number of rotatable bonds is 8. The Bertz CT molecular complexity index is 1230. The first-order chi connectivity index (χ1) is 16.5. The Morgan fingerprint density at radius 3 is 2.53 bits per heavy atom. The highest BCUT2D eigenvalue weighted by atomic mass is 32.1. The predicted molar refractivity (Wildman–Crippen MR) is 137 cm³/mol. The van der Waals surface area contributed by atoms with Crippen molar-refractivity contribution in [1.29, 1.82) is 0 Å². The molecule has 1 unspecified atom stereocenters. The fourth-order valence-corrected chi connectivity index (χ4v) is 4.36. The highest BCUT2D eigenvalue weighted by Crippen LogP contribution is 2.40. The summed E-state index contributed by atoms with van der Waals surface area (Å²) < 4.78 is 16.7. The van der Waals surface area contributed by atoms with Gasteiger partial charge in [-0.3, -0.25) is 0 Å². The van der Waals surface area contributed by atoms with Crippen LogP contribution in [0.15, 0.2) is 65.3 Å². The molecular weight excluding hydrogens is 448 g/mol. The third kappa shape index (κ3) is 4.41. The summed E-state index contributed by atoms with van der Waals surface area (Å²) in [6.45, 7) is 8.54. The molecule has 0 aliphatic carbocycles. The van der Waals surface area contributed by atoms with Gasteiger partial charge in [-0.25, -0.2) is 0 Å². The van der Waals surface area contributed by atoms with Crippen LogP contribution in [-0.2, 0) is 6.42 Å². The molecule has 7 nitrogen and oxygen atoms in total. The van der Waals surface area contributed by atoms with E-state index in [1.807, 2.05) is 42.2 Å². The molecule has 8 heteroatoms. The van der Waals surface area contributed by atoms with Gasteiger partial charge in [-0.1, -0.05) is 48.5 Å². The second-order valence-corrected chi connectivity index (χ2v) is 8.26. The second kappa shape index (κ2) is 10.1. The highest BCUT2D eigenvalue weighted by molar-refractivity contribution is 7.80. The van der Waals surface area contributed by atoms with Crippen LogP contribution in [0.25, 0.3) is 17.0 Å². The Morgan fingerprint density at radius 1 is 1.15 bits per heavy atom. The van der Waals surface area contributed by atoms with E-state index in [-0.39, 0.29) is 6.04 Å². The average molecular weight is 477 g/mol. The molecule has 1 aliphatic heterocycles. The largest absolute Gasteiger partial charge is 0.493 e. The van der Waals surface area contributed by atoms with Crippen LogP contribution in [0, 0.1) is 0 Å². The van der Waals surface area contributed by atoms with Crippen molar-refractivity contribution in [1.82, 2.24) is 20.4 Å². The zero-order valence-corrected chi connectivity index (χ0v) is 20.6. The number of nitrogens with one attached hydrogen (secondary N) is 1. The van der Waals surface area contributed by atoms with Gasteiger partial charge in [0.2, 0.25) is 5.82 Å². The molecule has 0 spiro atoms. The van der Waals surface area contributed by atoms with Gasteiger partial charge in [0.05, 0.1) is 25.8 Å². The predicted octanol–water partition coefficient (Wildman–Crippen LogP) is 5.16. The maximum Gasteiger partial charge on any atom is 0.258 e. The number of methoxy groups -OCH3 is 2. The molecule has 1 N–H and O–H groups in total. The Kier molecular flexibility index (Phi) is 6.98. The SMILES string of the molecule is C=CCN1C(=S)NC(c2ccc(OC)c(OC)c2)C(c2nc(-c3ccc(CC)cc3)no2)=C1C. The molecule has 0 radical (unpaired) electrons. The van der Waals surface area contributed by atoms with Crippen LogP contribution in [-0.4, -0.2) is 40.9 Å². The minimum atomic E-state index is -0.316. The summed E-state index contributed by atoms with van der Waals surface area (Å²) in [6.07, 6.45) is 2.78. The van der Waals surface area contributed by atoms with Crippen molar-refractivity contribution in [3.63, 3.8) is 0 Å². The summed E-state index contributed by atoms with van der Waals surface area (Å²) in [5.74, 6) is 2.24. The lowest BCUT2D eigenvalue weighted by Gasteiger charge is -2.37. The molecule has 1 aromatic heterocycles. The first-order valence-corrected chi connectivity index (χ1v) is 11.5. The molecule has 0 saturated heterocycles. The van der Waals surface area contributed by atoms with E-state index in [0.29, 0.717) is 34.9 Å². The topological polar surface area (TPSA) is 72.7 Å². The van der Waals surface area contributed by atoms with E-state index >= 15 is 0 Å². The van der Waals surface area contributed by atoms with Crippen molar-refractivity contribution < 1.29 is 14.0 Å². The van der Waals surface area contributed by atoms with E-state index in [2.05, 4.69) is 36.1 Å². The lowest BCUT2D eigenvalue weighted by Crippen LogP contribution is -2.45. The van der Waals surface area contributed by atoms with E-state index in [1.54, 1.807) is 20.3 Å². The summed E-state index contributed by atoms with van der Waals surface area (Å²) in [5.41, 5.74) is 4.84. The van der Waals surface area contributed by atoms with Crippen LogP contribution >= 0.6 is 12.2 Å². The number of hydrogen-bond donors (Lipinski definition) is 1. The summed E-state index contributed by atoms with van der Waals surface area (Å²) >= 11 is 5.68. The number of aromatic nitrogens is 2. The zero-order valence-electron chi connectivity index (χ0n) is 19.8. The fourth-order valence-electron chi connectivity index (χ4n) is 4.03. The van der Waals surface area contributed by atoms with E-state index in [1.165, 1.54) is 5.56 Å². The molecule has 176 valence electrons. The molecule has 0 bridgehead atoms. The van der Waals surface area contributed by atoms with Gasteiger partial charge in [0.15, 0.2) is 16.6 Å². The number of allylic oxidation sites excluding steroid dienone is 1. The lowest BCUT2D eigenvalue weighted by molar-refractivity contribution is 0.354. The number of aryl methyl sites for hydroxylation is 1. The first-order valence-electron chi connectivity index (χ1n) is 11.1. The second-order valence-electron chi connectivity index (χ2n) is 7.87. The van der Waals surface area contributed by atoms with Gasteiger partial charge in [0, 0.05) is 17.8 Å². The normalized spacial score (nSPS) is 15.8. The summed E-state index contributed by atoms with van der Waals surface area (Å²) in [4.78, 5) is 6.72. The average Bonchev–Trinajstić information content (AvgIpc) is 3.35. The molecule has 4 rings (SSSR count). The van der Waals surface area contributed by atoms with E-state index < -0.39 is 0 Å². The molecule has 1 atom stereocenters. The van der Waals surface area contributed by atoms with Crippen molar-refractivity contribution in [2.45, 2.75) is 26.3 Å². The Hall–Kier alpha value is -3.65. The standard InChI is InChI=1S/C26H28N4O3S/c1-6-14-30-16(3)22(25-28-24(29-33-25)18-10-8-17(7-2)9-11-18)23(27-26(30)34)19-12-13-20(31-4)21(15-19)32-5/h6,8-13,15,23H,1,7,14H2,2-5H3,(H,27,34). The van der Waals surface area contributed by atoms with Crippen LogP contribution < -0.4 is 14.8 Å². The van der Waals surface area contributed by atoms with Crippen LogP contribution in [0.5, 0.6) is 11.5 Å². The van der Waals surface area contributed by atoms with Crippen molar-refractivity contribution in [3.05, 3.63) is 77.8 Å².